The molecule has 1 saturated heterocycles. The summed E-state index contributed by atoms with van der Waals surface area (Å²) in [6.45, 7) is 5.13. The van der Waals surface area contributed by atoms with Gasteiger partial charge in [0.25, 0.3) is 0 Å². The average molecular weight is 331 g/mol. The molecule has 5 nitrogen and oxygen atoms in total. The number of aliphatic hydroxyl groups is 1. The molecular formula is C15H20F3N3O2. The average Bonchev–Trinajstić information content (AvgIpc) is 2.85. The second kappa shape index (κ2) is 4.72. The second-order valence-electron chi connectivity index (χ2n) is 7.23. The lowest BCUT2D eigenvalue weighted by molar-refractivity contribution is -0.271. The number of likely N-dealkylation sites (tertiary alicyclic amines) is 1. The smallest absolute Gasteiger partial charge is 0.374 e. The van der Waals surface area contributed by atoms with Crippen LogP contribution >= 0.6 is 0 Å². The van der Waals surface area contributed by atoms with Crippen LogP contribution < -0.4 is 0 Å². The molecule has 1 aromatic rings. The third kappa shape index (κ3) is 2.34. The zero-order chi connectivity index (χ0) is 17.2. The number of aromatic nitrogens is 2. The fraction of sp³-hybridized carbons (Fsp3) is 0.733. The molecule has 1 aliphatic heterocycles. The van der Waals surface area contributed by atoms with E-state index in [0.717, 1.165) is 4.57 Å². The van der Waals surface area contributed by atoms with Crippen LogP contribution in [0.15, 0.2) is 12.4 Å². The van der Waals surface area contributed by atoms with E-state index in [4.69, 9.17) is 0 Å². The standard InChI is InChI=1S/C15H20F3N3O2/c1-13(2)9-7-21(8-10(9)13)11(22)6-14(23,15(16,17)18)12-19-4-5-20(12)3/h4-5,9-10,23H,6-8H2,1-3H3. The van der Waals surface area contributed by atoms with Gasteiger partial charge < -0.3 is 14.6 Å². The molecule has 128 valence electrons. The van der Waals surface area contributed by atoms with Crippen molar-refractivity contribution in [2.24, 2.45) is 24.3 Å². The highest BCUT2D eigenvalue weighted by atomic mass is 19.4. The van der Waals surface area contributed by atoms with Gasteiger partial charge in [0.05, 0.1) is 6.42 Å². The highest BCUT2D eigenvalue weighted by Gasteiger charge is 2.64. The van der Waals surface area contributed by atoms with E-state index >= 15 is 0 Å². The van der Waals surface area contributed by atoms with E-state index in [9.17, 15) is 23.1 Å². The van der Waals surface area contributed by atoms with E-state index in [1.165, 1.54) is 24.3 Å². The number of hydrogen-bond acceptors (Lipinski definition) is 3. The molecule has 0 bridgehead atoms. The van der Waals surface area contributed by atoms with Gasteiger partial charge in [-0.3, -0.25) is 4.79 Å². The molecule has 2 heterocycles. The molecule has 1 saturated carbocycles. The molecular weight excluding hydrogens is 311 g/mol. The molecule has 1 N–H and O–H groups in total. The van der Waals surface area contributed by atoms with Crippen molar-refractivity contribution >= 4 is 5.91 Å². The Morgan fingerprint density at radius 1 is 1.39 bits per heavy atom. The lowest BCUT2D eigenvalue weighted by atomic mass is 9.96. The minimum Gasteiger partial charge on any atom is -0.374 e. The van der Waals surface area contributed by atoms with E-state index in [1.54, 1.807) is 0 Å². The van der Waals surface area contributed by atoms with Crippen molar-refractivity contribution in [2.45, 2.75) is 32.0 Å². The van der Waals surface area contributed by atoms with E-state index < -0.39 is 29.9 Å². The van der Waals surface area contributed by atoms with Crippen LogP contribution in [0, 0.1) is 17.3 Å². The number of amides is 1. The number of fused-ring (bicyclic) bond motifs is 1. The molecule has 0 spiro atoms. The summed E-state index contributed by atoms with van der Waals surface area (Å²) in [6, 6.07) is 0. The van der Waals surface area contributed by atoms with Gasteiger partial charge in [0.1, 0.15) is 0 Å². The maximum atomic E-state index is 13.4. The van der Waals surface area contributed by atoms with Gasteiger partial charge in [-0.15, -0.1) is 0 Å². The van der Waals surface area contributed by atoms with Crippen molar-refractivity contribution in [2.75, 3.05) is 13.1 Å². The normalized spacial score (nSPS) is 28.4. The first-order chi connectivity index (χ1) is 10.5. The Balaban J connectivity index is 1.78. The van der Waals surface area contributed by atoms with Crippen LogP contribution in [-0.4, -0.2) is 44.7 Å². The topological polar surface area (TPSA) is 58.4 Å². The summed E-state index contributed by atoms with van der Waals surface area (Å²) in [5.74, 6) is -0.559. The summed E-state index contributed by atoms with van der Waals surface area (Å²) in [7, 11) is 1.36. The first-order valence-corrected chi connectivity index (χ1v) is 7.53. The van der Waals surface area contributed by atoms with Crippen LogP contribution in [0.5, 0.6) is 0 Å². The van der Waals surface area contributed by atoms with Gasteiger partial charge in [0, 0.05) is 32.5 Å². The molecule has 3 rings (SSSR count). The maximum Gasteiger partial charge on any atom is 0.425 e. The summed E-state index contributed by atoms with van der Waals surface area (Å²) in [4.78, 5) is 17.4. The fourth-order valence-electron chi connectivity index (χ4n) is 3.74. The number of alkyl halides is 3. The van der Waals surface area contributed by atoms with Gasteiger partial charge in [-0.1, -0.05) is 13.8 Å². The molecule has 8 heteroatoms. The minimum absolute atomic E-state index is 0.163. The molecule has 2 fully saturated rings. The van der Waals surface area contributed by atoms with Crippen LogP contribution in [0.3, 0.4) is 0 Å². The van der Waals surface area contributed by atoms with E-state index in [-0.39, 0.29) is 5.41 Å². The van der Waals surface area contributed by atoms with Crippen molar-refractivity contribution in [3.8, 4) is 0 Å². The number of imidazole rings is 1. The number of carbonyl (C=O) groups is 1. The van der Waals surface area contributed by atoms with Gasteiger partial charge in [-0.2, -0.15) is 13.2 Å². The van der Waals surface area contributed by atoms with Crippen LogP contribution in [0.25, 0.3) is 0 Å². The number of halogens is 3. The Morgan fingerprint density at radius 3 is 2.39 bits per heavy atom. The first-order valence-electron chi connectivity index (χ1n) is 7.53. The second-order valence-corrected chi connectivity index (χ2v) is 7.23. The molecule has 3 unspecified atom stereocenters. The van der Waals surface area contributed by atoms with Crippen LogP contribution in [0.2, 0.25) is 0 Å². The maximum absolute atomic E-state index is 13.4. The van der Waals surface area contributed by atoms with Crippen LogP contribution in [0.4, 0.5) is 13.2 Å². The summed E-state index contributed by atoms with van der Waals surface area (Å²) in [5, 5.41) is 10.2. The zero-order valence-electron chi connectivity index (χ0n) is 13.3. The van der Waals surface area contributed by atoms with Gasteiger partial charge in [0.15, 0.2) is 5.82 Å². The van der Waals surface area contributed by atoms with Gasteiger partial charge in [0.2, 0.25) is 11.5 Å². The number of piperidine rings is 1. The van der Waals surface area contributed by atoms with Crippen molar-refractivity contribution in [1.29, 1.82) is 0 Å². The first kappa shape index (κ1) is 16.3. The molecule has 0 radical (unpaired) electrons. The Hall–Kier alpha value is -1.57. The van der Waals surface area contributed by atoms with E-state index in [0.29, 0.717) is 24.9 Å². The van der Waals surface area contributed by atoms with Crippen molar-refractivity contribution < 1.29 is 23.1 Å². The summed E-state index contributed by atoms with van der Waals surface area (Å²) in [6.07, 6.45) is -3.54. The van der Waals surface area contributed by atoms with Crippen LogP contribution in [-0.2, 0) is 17.4 Å². The summed E-state index contributed by atoms with van der Waals surface area (Å²) < 4.78 is 41.4. The number of nitrogens with zero attached hydrogens (tertiary/aromatic N) is 3. The SMILES string of the molecule is Cn1ccnc1C(O)(CC(=O)N1CC2C(C1)C2(C)C)C(F)(F)F. The largest absolute Gasteiger partial charge is 0.425 e. The van der Waals surface area contributed by atoms with Gasteiger partial charge in [-0.05, 0) is 17.3 Å². The number of carbonyl (C=O) groups excluding carboxylic acids is 1. The molecule has 23 heavy (non-hydrogen) atoms. The van der Waals surface area contributed by atoms with Crippen LogP contribution in [0.1, 0.15) is 26.1 Å². The lowest BCUT2D eigenvalue weighted by Gasteiger charge is -2.31. The van der Waals surface area contributed by atoms with Crippen molar-refractivity contribution in [1.82, 2.24) is 14.5 Å². The van der Waals surface area contributed by atoms with Gasteiger partial charge >= 0.3 is 6.18 Å². The quantitative estimate of drug-likeness (QED) is 0.917. The molecule has 1 aromatic heterocycles. The Kier molecular flexibility index (Phi) is 3.34. The van der Waals surface area contributed by atoms with E-state index in [2.05, 4.69) is 18.8 Å². The van der Waals surface area contributed by atoms with Crippen molar-refractivity contribution in [3.63, 3.8) is 0 Å². The Morgan fingerprint density at radius 2 is 1.96 bits per heavy atom. The van der Waals surface area contributed by atoms with Crippen molar-refractivity contribution in [3.05, 3.63) is 18.2 Å². The summed E-state index contributed by atoms with van der Waals surface area (Å²) >= 11 is 0. The predicted molar refractivity (Wildman–Crippen MR) is 75.1 cm³/mol. The molecule has 0 aromatic carbocycles. The monoisotopic (exact) mass is 331 g/mol. The highest BCUT2D eigenvalue weighted by Crippen LogP contribution is 2.62. The molecule has 1 aliphatic carbocycles. The molecule has 2 aliphatic rings. The zero-order valence-corrected chi connectivity index (χ0v) is 13.3. The fourth-order valence-corrected chi connectivity index (χ4v) is 3.74. The Bertz CT molecular complexity index is 626. The lowest BCUT2D eigenvalue weighted by Crippen LogP contribution is -2.48. The third-order valence-electron chi connectivity index (χ3n) is 5.54. The van der Waals surface area contributed by atoms with E-state index in [1.807, 2.05) is 0 Å². The highest BCUT2D eigenvalue weighted by molar-refractivity contribution is 5.78. The molecule has 1 amide bonds. The minimum atomic E-state index is -4.98. The Labute approximate surface area is 132 Å². The van der Waals surface area contributed by atoms with Gasteiger partial charge in [-0.25, -0.2) is 4.98 Å². The third-order valence-corrected chi connectivity index (χ3v) is 5.54. The number of rotatable bonds is 3. The number of hydrogen-bond donors (Lipinski definition) is 1. The summed E-state index contributed by atoms with van der Waals surface area (Å²) in [5.41, 5.74) is -3.11. The predicted octanol–water partition coefficient (Wildman–Crippen LogP) is 1.67. The number of aryl methyl sites for hydroxylation is 1. The molecule has 3 atom stereocenters.